The Labute approximate surface area is 171 Å². The number of cyclic esters (lactones) is 1. The zero-order valence-corrected chi connectivity index (χ0v) is 16.9. The summed E-state index contributed by atoms with van der Waals surface area (Å²) in [5.41, 5.74) is -1.25. The Morgan fingerprint density at radius 2 is 2.10 bits per heavy atom. The smallest absolute Gasteiger partial charge is 0.421 e. The Hall–Kier alpha value is -2.85. The van der Waals surface area contributed by atoms with Crippen LogP contribution in [0.25, 0.3) is 0 Å². The Balaban J connectivity index is 1.69. The van der Waals surface area contributed by atoms with Crippen molar-refractivity contribution in [3.8, 4) is 0 Å². The molecule has 2 atom stereocenters. The van der Waals surface area contributed by atoms with Crippen LogP contribution in [0.3, 0.4) is 0 Å². The molecule has 162 valence electrons. The molecule has 1 saturated carbocycles. The molecule has 2 N–H and O–H groups in total. The van der Waals surface area contributed by atoms with Crippen LogP contribution in [0.5, 0.6) is 0 Å². The number of carbonyl (C=O) groups excluding carboxylic acids is 1. The van der Waals surface area contributed by atoms with Crippen molar-refractivity contribution in [2.24, 2.45) is 5.92 Å². The summed E-state index contributed by atoms with van der Waals surface area (Å²) in [7, 11) is 0. The van der Waals surface area contributed by atoms with Gasteiger partial charge in [0.25, 0.3) is 0 Å². The molecule has 0 spiro atoms. The van der Waals surface area contributed by atoms with Crippen LogP contribution < -0.4 is 10.6 Å². The SMILES string of the molecule is CCNc1nc(Nc2cc(C3(C)C(=O)OC[C@H]3C)nn2C2CC2)ncc1C(F)(F)F. The van der Waals surface area contributed by atoms with Crippen LogP contribution in [-0.2, 0) is 21.1 Å². The van der Waals surface area contributed by atoms with E-state index in [0.29, 0.717) is 18.1 Å². The minimum absolute atomic E-state index is 0.0134. The summed E-state index contributed by atoms with van der Waals surface area (Å²) < 4.78 is 46.6. The van der Waals surface area contributed by atoms with Gasteiger partial charge in [-0.25, -0.2) is 9.67 Å². The van der Waals surface area contributed by atoms with Crippen LogP contribution in [-0.4, -0.2) is 38.9 Å². The van der Waals surface area contributed by atoms with Crippen molar-refractivity contribution < 1.29 is 22.7 Å². The van der Waals surface area contributed by atoms with E-state index in [-0.39, 0.29) is 36.2 Å². The summed E-state index contributed by atoms with van der Waals surface area (Å²) in [6, 6.07) is 1.90. The van der Waals surface area contributed by atoms with Gasteiger partial charge >= 0.3 is 12.1 Å². The summed E-state index contributed by atoms with van der Waals surface area (Å²) in [6.45, 7) is 6.01. The second kappa shape index (κ2) is 7.13. The fourth-order valence-corrected chi connectivity index (χ4v) is 3.48. The maximum Gasteiger partial charge on any atom is 0.421 e. The second-order valence-electron chi connectivity index (χ2n) is 7.90. The number of aromatic nitrogens is 4. The number of nitrogens with zero attached hydrogens (tertiary/aromatic N) is 4. The third kappa shape index (κ3) is 3.46. The van der Waals surface area contributed by atoms with E-state index in [1.54, 1.807) is 24.6 Å². The predicted molar refractivity (Wildman–Crippen MR) is 102 cm³/mol. The van der Waals surface area contributed by atoms with E-state index < -0.39 is 17.2 Å². The first-order valence-electron chi connectivity index (χ1n) is 9.87. The standard InChI is InChI=1S/C19H23F3N6O2/c1-4-23-15-12(19(20,21)22)8-24-17(26-15)25-14-7-13(27-28(14)11-5-6-11)18(3)10(2)9-30-16(18)29/h7-8,10-11H,4-6,9H2,1-3H3,(H2,23,24,25,26)/t10-,18?/m1/s1. The van der Waals surface area contributed by atoms with Gasteiger partial charge in [0.05, 0.1) is 18.3 Å². The Kier molecular flexibility index (Phi) is 4.86. The lowest BCUT2D eigenvalue weighted by Gasteiger charge is -2.21. The van der Waals surface area contributed by atoms with Crippen LogP contribution in [0.15, 0.2) is 12.3 Å². The zero-order chi connectivity index (χ0) is 21.7. The Bertz CT molecular complexity index is 972. The number of hydrogen-bond donors (Lipinski definition) is 2. The molecule has 1 saturated heterocycles. The molecule has 8 nitrogen and oxygen atoms in total. The van der Waals surface area contributed by atoms with Crippen molar-refractivity contribution in [1.29, 1.82) is 0 Å². The van der Waals surface area contributed by atoms with Crippen LogP contribution in [0, 0.1) is 5.92 Å². The van der Waals surface area contributed by atoms with Gasteiger partial charge in [0.1, 0.15) is 22.6 Å². The monoisotopic (exact) mass is 424 g/mol. The highest BCUT2D eigenvalue weighted by Gasteiger charge is 2.50. The summed E-state index contributed by atoms with van der Waals surface area (Å²) in [4.78, 5) is 20.2. The molecular weight excluding hydrogens is 401 g/mol. The number of halogens is 3. The summed E-state index contributed by atoms with van der Waals surface area (Å²) in [5, 5.41) is 10.3. The van der Waals surface area contributed by atoms with Gasteiger partial charge < -0.3 is 15.4 Å². The number of anilines is 3. The molecule has 3 heterocycles. The third-order valence-electron chi connectivity index (χ3n) is 5.71. The van der Waals surface area contributed by atoms with E-state index in [4.69, 9.17) is 4.74 Å². The fraction of sp³-hybridized carbons (Fsp3) is 0.579. The third-order valence-corrected chi connectivity index (χ3v) is 5.71. The number of esters is 1. The van der Waals surface area contributed by atoms with E-state index in [2.05, 4.69) is 25.7 Å². The summed E-state index contributed by atoms with van der Waals surface area (Å²) in [5.74, 6) is -0.132. The van der Waals surface area contributed by atoms with Gasteiger partial charge in [-0.1, -0.05) is 6.92 Å². The van der Waals surface area contributed by atoms with E-state index in [9.17, 15) is 18.0 Å². The maximum atomic E-state index is 13.2. The highest BCUT2D eigenvalue weighted by molar-refractivity contribution is 5.84. The summed E-state index contributed by atoms with van der Waals surface area (Å²) in [6.07, 6.45) is -1.94. The topological polar surface area (TPSA) is 94.0 Å². The van der Waals surface area contributed by atoms with Crippen molar-refractivity contribution >= 4 is 23.6 Å². The normalized spacial score (nSPS) is 24.1. The number of ether oxygens (including phenoxy) is 1. The van der Waals surface area contributed by atoms with Crippen LogP contribution in [0.1, 0.15) is 50.9 Å². The number of carbonyl (C=O) groups is 1. The number of nitrogens with one attached hydrogen (secondary N) is 2. The average molecular weight is 424 g/mol. The molecule has 1 aliphatic carbocycles. The molecule has 2 fully saturated rings. The van der Waals surface area contributed by atoms with Gasteiger partial charge in [-0.05, 0) is 26.7 Å². The quantitative estimate of drug-likeness (QED) is 0.684. The summed E-state index contributed by atoms with van der Waals surface area (Å²) >= 11 is 0. The number of alkyl halides is 3. The lowest BCUT2D eigenvalue weighted by molar-refractivity contribution is -0.142. The highest BCUT2D eigenvalue weighted by atomic mass is 19.4. The van der Waals surface area contributed by atoms with Crippen molar-refractivity contribution in [2.45, 2.75) is 51.2 Å². The van der Waals surface area contributed by atoms with Gasteiger partial charge in [0.15, 0.2) is 0 Å². The minimum atomic E-state index is -4.56. The minimum Gasteiger partial charge on any atom is -0.465 e. The molecule has 30 heavy (non-hydrogen) atoms. The van der Waals surface area contributed by atoms with Crippen LogP contribution in [0.2, 0.25) is 0 Å². The van der Waals surface area contributed by atoms with Gasteiger partial charge in [0.2, 0.25) is 5.95 Å². The van der Waals surface area contributed by atoms with Gasteiger partial charge in [-0.15, -0.1) is 0 Å². The van der Waals surface area contributed by atoms with E-state index >= 15 is 0 Å². The average Bonchev–Trinajstić information content (AvgIpc) is 3.39. The molecule has 4 rings (SSSR count). The molecule has 2 aromatic heterocycles. The van der Waals surface area contributed by atoms with Crippen molar-refractivity contribution in [3.63, 3.8) is 0 Å². The first-order chi connectivity index (χ1) is 14.1. The Morgan fingerprint density at radius 1 is 1.37 bits per heavy atom. The molecule has 1 unspecified atom stereocenters. The second-order valence-corrected chi connectivity index (χ2v) is 7.90. The van der Waals surface area contributed by atoms with Gasteiger partial charge in [-0.2, -0.15) is 23.3 Å². The van der Waals surface area contributed by atoms with Gasteiger partial charge in [-0.3, -0.25) is 4.79 Å². The fourth-order valence-electron chi connectivity index (χ4n) is 3.48. The molecular formula is C19H23F3N6O2. The number of hydrogen-bond acceptors (Lipinski definition) is 7. The molecule has 11 heteroatoms. The van der Waals surface area contributed by atoms with Crippen LogP contribution in [0.4, 0.5) is 30.8 Å². The predicted octanol–water partition coefficient (Wildman–Crippen LogP) is 3.65. The highest BCUT2D eigenvalue weighted by Crippen LogP contribution is 2.43. The first-order valence-corrected chi connectivity index (χ1v) is 9.87. The largest absolute Gasteiger partial charge is 0.465 e. The van der Waals surface area contributed by atoms with E-state index in [1.165, 1.54) is 0 Å². The van der Waals surface area contributed by atoms with E-state index in [0.717, 1.165) is 19.0 Å². The zero-order valence-electron chi connectivity index (χ0n) is 16.9. The van der Waals surface area contributed by atoms with Crippen molar-refractivity contribution in [2.75, 3.05) is 23.8 Å². The van der Waals surface area contributed by atoms with Gasteiger partial charge in [0, 0.05) is 24.7 Å². The lowest BCUT2D eigenvalue weighted by atomic mass is 9.78. The van der Waals surface area contributed by atoms with E-state index in [1.807, 2.05) is 6.92 Å². The molecule has 0 radical (unpaired) electrons. The molecule has 0 aromatic carbocycles. The molecule has 1 aliphatic heterocycles. The molecule has 0 amide bonds. The maximum absolute atomic E-state index is 13.2. The molecule has 2 aliphatic rings. The number of rotatable bonds is 6. The molecule has 2 aromatic rings. The first kappa shape index (κ1) is 20.4. The van der Waals surface area contributed by atoms with Crippen LogP contribution >= 0.6 is 0 Å². The molecule has 0 bridgehead atoms. The van der Waals surface area contributed by atoms with Crippen molar-refractivity contribution in [1.82, 2.24) is 19.7 Å². The van der Waals surface area contributed by atoms with Crippen molar-refractivity contribution in [3.05, 3.63) is 23.5 Å². The Morgan fingerprint density at radius 3 is 2.67 bits per heavy atom. The lowest BCUT2D eigenvalue weighted by Crippen LogP contribution is -2.34.